The van der Waals surface area contributed by atoms with E-state index in [1.165, 1.54) is 33.8 Å². The van der Waals surface area contributed by atoms with Gasteiger partial charge in [-0.2, -0.15) is 13.2 Å². The summed E-state index contributed by atoms with van der Waals surface area (Å²) in [6.45, 7) is 29.8. The van der Waals surface area contributed by atoms with Crippen LogP contribution in [0.4, 0.5) is 13.2 Å². The van der Waals surface area contributed by atoms with E-state index in [1.54, 1.807) is 126 Å². The van der Waals surface area contributed by atoms with Crippen LogP contribution in [0.15, 0.2) is 42.1 Å². The number of rotatable bonds is 34. The maximum absolute atomic E-state index is 15.1. The molecule has 0 spiro atoms. The zero-order chi connectivity index (χ0) is 84.2. The highest BCUT2D eigenvalue weighted by Crippen LogP contribution is 2.24. The standard InChI is InChI=1S/C77H123F3N14O17/c1-20-43(15)33-34-53(96)85-54(38(5)6)68(102)92-61(46(18)95)72(106)87-56(40(9)10)69(103)88-57(41(11)12)74(108)94-36-28-32-52(94)66(100)83-50(31-27-35-81-76(110)77(78,79)80)64(98)90-59(44(16)21-2)71(105)93-62-47(19)111-75(109)58(42(13)14)89-63(97)49(23-4)82-65(99)51(37-48-29-25-24-26-30-48)84-67(101)55(39(7)8)86-70(104)60(45(17)22-3)91-73(62)107/h23-26,29-30,38-47,50-52,54-62,95H,20-22,27-28,31-37H2,1-19H3,(H,81,110)(H,82,99)(H,83,100)(H,84,101)(H,85,96)(H,86,104)(H,87,106)(H,88,103)(H,89,97)(H,90,98)(H,91,107)(H,92,102)(H,93,105)/b49-23-/t43-,44-,45-,46+,47+,50-,51-,52+,54+,55+,56-,57+,58-,59+,60+,61-,62+/m0/s1. The Labute approximate surface area is 649 Å². The van der Waals surface area contributed by atoms with E-state index >= 15 is 9.59 Å². The summed E-state index contributed by atoms with van der Waals surface area (Å²) in [5.74, 6) is -19.5. The van der Waals surface area contributed by atoms with Gasteiger partial charge in [-0.15, -0.1) is 0 Å². The Balaban J connectivity index is 2.09. The van der Waals surface area contributed by atoms with Crippen molar-refractivity contribution in [1.82, 2.24) is 74.0 Å². The van der Waals surface area contributed by atoms with Crippen LogP contribution in [0, 0.1) is 47.3 Å². The molecule has 0 aromatic heterocycles. The SMILES string of the molecule is C/C=C1\NC(=O)[C@H](Cc2ccccc2)NC(=O)[C@@H](C(C)C)NC(=O)[C@@H]([C@@H](C)CC)NC(=O)[C@H](NC(=O)[C@H](NC(=O)[C@H](CCCNC(=O)C(F)(F)F)NC(=O)[C@H]2CCCN2C(=O)[C@H](NC(=O)[C@@H](NC(=O)[C@@H](NC(=O)[C@H](NC(=O)CC[C@@H](C)CC)C(C)C)[C@@H](C)O)C(C)C)C(C)C)[C@@H](C)CC)[C@@H](C)OC(=O)[C@H](C(C)C)NC1=O. The van der Waals surface area contributed by atoms with Gasteiger partial charge < -0.3 is 83.9 Å². The van der Waals surface area contributed by atoms with Gasteiger partial charge in [0.25, 0.3) is 5.91 Å². The number of nitrogens with one attached hydrogen (secondary N) is 13. The second-order valence-electron chi connectivity index (χ2n) is 30.9. The molecule has 1 aromatic carbocycles. The molecule has 14 amide bonds. The molecule has 2 aliphatic rings. The van der Waals surface area contributed by atoms with Gasteiger partial charge in [-0.05, 0) is 106 Å². The van der Waals surface area contributed by atoms with Gasteiger partial charge in [0.2, 0.25) is 70.9 Å². The molecule has 111 heavy (non-hydrogen) atoms. The highest BCUT2D eigenvalue weighted by atomic mass is 19.4. The Kier molecular flexibility index (Phi) is 39.2. The van der Waals surface area contributed by atoms with E-state index in [2.05, 4.69) is 63.8 Å². The first-order valence-electron chi connectivity index (χ1n) is 38.7. The minimum absolute atomic E-state index is 0.0188. The molecule has 2 heterocycles. The van der Waals surface area contributed by atoms with Crippen LogP contribution in [-0.2, 0) is 83.1 Å². The van der Waals surface area contributed by atoms with Crippen molar-refractivity contribution >= 4 is 88.7 Å². The summed E-state index contributed by atoms with van der Waals surface area (Å²) in [6.07, 6.45) is -6.11. The number of likely N-dealkylation sites (tertiary alicyclic amines) is 1. The third kappa shape index (κ3) is 29.4. The van der Waals surface area contributed by atoms with Crippen LogP contribution in [0.1, 0.15) is 195 Å². The number of benzene rings is 1. The predicted molar refractivity (Wildman–Crippen MR) is 405 cm³/mol. The molecule has 0 radical (unpaired) electrons. The number of carbonyl (C=O) groups excluding carboxylic acids is 15. The lowest BCUT2D eigenvalue weighted by Crippen LogP contribution is -2.64. The Morgan fingerprint density at radius 3 is 1.68 bits per heavy atom. The fourth-order valence-electron chi connectivity index (χ4n) is 12.3. The highest BCUT2D eigenvalue weighted by molar-refractivity contribution is 6.03. The van der Waals surface area contributed by atoms with E-state index in [0.29, 0.717) is 12.0 Å². The molecule has 2 aliphatic heterocycles. The summed E-state index contributed by atoms with van der Waals surface area (Å²) in [4.78, 5) is 215. The molecule has 3 rings (SSSR count). The van der Waals surface area contributed by atoms with Crippen molar-refractivity contribution in [2.75, 3.05) is 13.1 Å². The lowest BCUT2D eigenvalue weighted by Gasteiger charge is -2.34. The molecule has 0 bridgehead atoms. The number of cyclic esters (lactones) is 1. The predicted octanol–water partition coefficient (Wildman–Crippen LogP) is 2.56. The first-order chi connectivity index (χ1) is 51.8. The number of aliphatic hydroxyl groups excluding tert-OH is 1. The van der Waals surface area contributed by atoms with E-state index in [-0.39, 0.29) is 62.6 Å². The van der Waals surface area contributed by atoms with E-state index < -0.39 is 234 Å². The van der Waals surface area contributed by atoms with Crippen molar-refractivity contribution in [3.05, 3.63) is 47.7 Å². The quantitative estimate of drug-likeness (QED) is 0.0268. The topological polar surface area (TPSA) is 445 Å². The summed E-state index contributed by atoms with van der Waals surface area (Å²) in [5.41, 5.74) is 0.284. The summed E-state index contributed by atoms with van der Waals surface area (Å²) in [5, 5.41) is 44.0. The van der Waals surface area contributed by atoms with Gasteiger partial charge in [0.05, 0.1) is 6.10 Å². The highest BCUT2D eigenvalue weighted by Gasteiger charge is 2.45. The van der Waals surface area contributed by atoms with Crippen molar-refractivity contribution in [3.8, 4) is 0 Å². The van der Waals surface area contributed by atoms with Crippen molar-refractivity contribution in [2.45, 2.75) is 287 Å². The molecule has 1 aromatic rings. The molecule has 0 saturated carbocycles. The number of allylic oxidation sites excluding steroid dienone is 1. The molecule has 2 saturated heterocycles. The average Bonchev–Trinajstić information content (AvgIpc) is 1.57. The number of amides is 14. The van der Waals surface area contributed by atoms with E-state index in [1.807, 2.05) is 13.8 Å². The minimum Gasteiger partial charge on any atom is -0.458 e. The molecule has 31 nitrogen and oxygen atoms in total. The van der Waals surface area contributed by atoms with Crippen molar-refractivity contribution in [1.29, 1.82) is 0 Å². The Morgan fingerprint density at radius 1 is 0.613 bits per heavy atom. The van der Waals surface area contributed by atoms with Crippen LogP contribution in [-0.4, -0.2) is 203 Å². The van der Waals surface area contributed by atoms with Gasteiger partial charge in [0.1, 0.15) is 84.3 Å². The third-order valence-electron chi connectivity index (χ3n) is 20.1. The van der Waals surface area contributed by atoms with Crippen LogP contribution in [0.3, 0.4) is 0 Å². The van der Waals surface area contributed by atoms with E-state index in [9.17, 15) is 80.6 Å². The van der Waals surface area contributed by atoms with Gasteiger partial charge >= 0.3 is 18.1 Å². The first kappa shape index (κ1) is 96.0. The second-order valence-corrected chi connectivity index (χ2v) is 30.9. The summed E-state index contributed by atoms with van der Waals surface area (Å²) in [6, 6.07) is -9.30. The van der Waals surface area contributed by atoms with Crippen LogP contribution in [0.5, 0.6) is 0 Å². The fraction of sp³-hybridized carbons (Fsp3) is 0.701. The zero-order valence-corrected chi connectivity index (χ0v) is 67.7. The number of aliphatic hydroxyl groups is 1. The molecule has 0 aliphatic carbocycles. The van der Waals surface area contributed by atoms with Gasteiger partial charge in [0, 0.05) is 25.9 Å². The lowest BCUT2D eigenvalue weighted by molar-refractivity contribution is -0.173. The lowest BCUT2D eigenvalue weighted by atomic mass is 9.95. The number of ether oxygens (including phenoxy) is 1. The van der Waals surface area contributed by atoms with Gasteiger partial charge in [-0.1, -0.05) is 166 Å². The van der Waals surface area contributed by atoms with Crippen molar-refractivity contribution < 1.29 is 94.9 Å². The van der Waals surface area contributed by atoms with Crippen molar-refractivity contribution in [2.24, 2.45) is 47.3 Å². The summed E-state index contributed by atoms with van der Waals surface area (Å²) < 4.78 is 46.2. The molecule has 34 heteroatoms. The largest absolute Gasteiger partial charge is 0.471 e. The Morgan fingerprint density at radius 2 is 1.15 bits per heavy atom. The molecule has 17 atom stereocenters. The average molecular weight is 1570 g/mol. The van der Waals surface area contributed by atoms with Crippen LogP contribution >= 0.6 is 0 Å². The monoisotopic (exact) mass is 1570 g/mol. The zero-order valence-electron chi connectivity index (χ0n) is 67.7. The molecule has 0 unspecified atom stereocenters. The molecule has 624 valence electrons. The molecular weight excluding hydrogens is 1450 g/mol. The number of esters is 1. The number of alkyl halides is 3. The summed E-state index contributed by atoms with van der Waals surface area (Å²) >= 11 is 0. The van der Waals surface area contributed by atoms with Gasteiger partial charge in [-0.25, -0.2) is 4.79 Å². The van der Waals surface area contributed by atoms with Crippen LogP contribution in [0.25, 0.3) is 0 Å². The van der Waals surface area contributed by atoms with Gasteiger partial charge in [-0.3, -0.25) is 67.1 Å². The van der Waals surface area contributed by atoms with Crippen molar-refractivity contribution in [3.63, 3.8) is 0 Å². The van der Waals surface area contributed by atoms with E-state index in [0.717, 1.165) is 11.3 Å². The minimum atomic E-state index is -5.30. The normalized spacial score (nSPS) is 22.3. The molecule has 14 N–H and O–H groups in total. The number of hydrogen-bond acceptors (Lipinski definition) is 17. The number of carbonyl (C=O) groups is 15. The Hall–Kier alpha value is -9.24. The Bertz CT molecular complexity index is 3410. The van der Waals surface area contributed by atoms with E-state index in [4.69, 9.17) is 4.74 Å². The fourth-order valence-corrected chi connectivity index (χ4v) is 12.3. The number of halogens is 3. The third-order valence-corrected chi connectivity index (χ3v) is 20.1. The molecule has 2 fully saturated rings. The molecular formula is C77H123F3N14O17. The number of nitrogens with zero attached hydrogens (tertiary/aromatic N) is 1. The number of hydrogen-bond donors (Lipinski definition) is 14. The first-order valence-corrected chi connectivity index (χ1v) is 38.7. The maximum atomic E-state index is 15.1. The smallest absolute Gasteiger partial charge is 0.458 e. The van der Waals surface area contributed by atoms with Crippen LogP contribution in [0.2, 0.25) is 0 Å². The van der Waals surface area contributed by atoms with Gasteiger partial charge in [0.15, 0.2) is 0 Å². The van der Waals surface area contributed by atoms with Crippen LogP contribution < -0.4 is 69.1 Å². The summed E-state index contributed by atoms with van der Waals surface area (Å²) in [7, 11) is 0. The second kappa shape index (κ2) is 45.3. The maximum Gasteiger partial charge on any atom is 0.471 e.